The molecule has 0 saturated heterocycles. The van der Waals surface area contributed by atoms with Crippen LogP contribution in [0.2, 0.25) is 5.02 Å². The van der Waals surface area contributed by atoms with Gasteiger partial charge in [-0.05, 0) is 35.8 Å². The molecule has 2 aromatic heterocycles. The van der Waals surface area contributed by atoms with Crippen molar-refractivity contribution in [3.8, 4) is 0 Å². The molecule has 0 fully saturated rings. The average molecular weight is 352 g/mol. The maximum Gasteiger partial charge on any atom is 0.227 e. The number of nitrogens with one attached hydrogen (secondary N) is 1. The molecule has 4 nitrogen and oxygen atoms in total. The lowest BCUT2D eigenvalue weighted by Gasteiger charge is -2.26. The maximum atomic E-state index is 12.5. The fourth-order valence-corrected chi connectivity index (χ4v) is 3.48. The summed E-state index contributed by atoms with van der Waals surface area (Å²) < 4.78 is 0. The van der Waals surface area contributed by atoms with Gasteiger partial charge in [0.15, 0.2) is 0 Å². The molecule has 1 aliphatic heterocycles. The number of nitrogens with zero attached hydrogens (tertiary/aromatic N) is 2. The number of hydrogen-bond acceptors (Lipinski definition) is 2. The molecule has 126 valence electrons. The molecule has 5 heteroatoms. The van der Waals surface area contributed by atoms with E-state index in [2.05, 4.69) is 22.1 Å². The van der Waals surface area contributed by atoms with Gasteiger partial charge in [0, 0.05) is 41.5 Å². The second-order valence-electron chi connectivity index (χ2n) is 6.19. The van der Waals surface area contributed by atoms with E-state index in [1.165, 1.54) is 11.1 Å². The summed E-state index contributed by atoms with van der Waals surface area (Å²) in [6, 6.07) is 11.5. The van der Waals surface area contributed by atoms with Gasteiger partial charge in [-0.2, -0.15) is 0 Å². The Labute approximate surface area is 151 Å². The summed E-state index contributed by atoms with van der Waals surface area (Å²) in [6.45, 7) is 1.35. The fourth-order valence-electron chi connectivity index (χ4n) is 3.28. The molecule has 0 unspecified atom stereocenters. The van der Waals surface area contributed by atoms with Crippen LogP contribution in [0.3, 0.4) is 0 Å². The van der Waals surface area contributed by atoms with Gasteiger partial charge in [0.05, 0.1) is 6.42 Å². The number of hydrogen-bond donors (Lipinski definition) is 1. The zero-order valence-corrected chi connectivity index (χ0v) is 14.5. The molecule has 1 aliphatic rings. The summed E-state index contributed by atoms with van der Waals surface area (Å²) in [4.78, 5) is 22.0. The number of benzene rings is 1. The van der Waals surface area contributed by atoms with Crippen LogP contribution in [0.4, 0.5) is 0 Å². The SMILES string of the molecule is O=C(Cc1ccccc1Cl)N1CC=C(c2c[nH]c3ncccc23)CC1. The van der Waals surface area contributed by atoms with Crippen molar-refractivity contribution in [2.24, 2.45) is 0 Å². The third-order valence-corrected chi connectivity index (χ3v) is 5.03. The summed E-state index contributed by atoms with van der Waals surface area (Å²) in [5, 5.41) is 1.78. The average Bonchev–Trinajstić information content (AvgIpc) is 3.08. The maximum absolute atomic E-state index is 12.5. The van der Waals surface area contributed by atoms with E-state index in [4.69, 9.17) is 11.6 Å². The lowest BCUT2D eigenvalue weighted by molar-refractivity contribution is -0.130. The van der Waals surface area contributed by atoms with Crippen molar-refractivity contribution in [3.63, 3.8) is 0 Å². The molecule has 0 radical (unpaired) electrons. The predicted molar refractivity (Wildman–Crippen MR) is 100 cm³/mol. The Morgan fingerprint density at radius 2 is 2.12 bits per heavy atom. The minimum atomic E-state index is 0.115. The van der Waals surface area contributed by atoms with Gasteiger partial charge in [-0.25, -0.2) is 4.98 Å². The monoisotopic (exact) mass is 351 g/mol. The molecular formula is C20H18ClN3O. The zero-order valence-electron chi connectivity index (χ0n) is 13.7. The Morgan fingerprint density at radius 1 is 1.24 bits per heavy atom. The first kappa shape index (κ1) is 15.9. The van der Waals surface area contributed by atoms with Crippen molar-refractivity contribution in [2.45, 2.75) is 12.8 Å². The largest absolute Gasteiger partial charge is 0.346 e. The van der Waals surface area contributed by atoms with Crippen LogP contribution in [-0.4, -0.2) is 33.9 Å². The molecule has 1 N–H and O–H groups in total. The minimum absolute atomic E-state index is 0.115. The number of carbonyl (C=O) groups excluding carboxylic acids is 1. The van der Waals surface area contributed by atoms with Crippen LogP contribution in [0.5, 0.6) is 0 Å². The van der Waals surface area contributed by atoms with Gasteiger partial charge in [-0.15, -0.1) is 0 Å². The fraction of sp³-hybridized carbons (Fsp3) is 0.200. The van der Waals surface area contributed by atoms with Crippen molar-refractivity contribution in [1.82, 2.24) is 14.9 Å². The third kappa shape index (κ3) is 3.17. The summed E-state index contributed by atoms with van der Waals surface area (Å²) in [6.07, 6.45) is 7.12. The predicted octanol–water partition coefficient (Wildman–Crippen LogP) is 4.07. The molecule has 0 atom stereocenters. The molecule has 1 aromatic carbocycles. The highest BCUT2D eigenvalue weighted by molar-refractivity contribution is 6.31. The highest BCUT2D eigenvalue weighted by Gasteiger charge is 2.20. The number of aromatic amines is 1. The van der Waals surface area contributed by atoms with Gasteiger partial charge in [0.2, 0.25) is 5.91 Å². The quantitative estimate of drug-likeness (QED) is 0.773. The van der Waals surface area contributed by atoms with Gasteiger partial charge in [-0.3, -0.25) is 4.79 Å². The zero-order chi connectivity index (χ0) is 17.2. The second-order valence-corrected chi connectivity index (χ2v) is 6.60. The van der Waals surface area contributed by atoms with Gasteiger partial charge < -0.3 is 9.88 Å². The van der Waals surface area contributed by atoms with Crippen molar-refractivity contribution >= 4 is 34.1 Å². The van der Waals surface area contributed by atoms with Crippen molar-refractivity contribution in [1.29, 1.82) is 0 Å². The second kappa shape index (κ2) is 6.73. The van der Waals surface area contributed by atoms with E-state index in [0.717, 1.165) is 29.6 Å². The first-order chi connectivity index (χ1) is 12.2. The van der Waals surface area contributed by atoms with Crippen molar-refractivity contribution in [3.05, 3.63) is 71.0 Å². The van der Waals surface area contributed by atoms with Gasteiger partial charge in [0.25, 0.3) is 0 Å². The Kier molecular flexibility index (Phi) is 4.28. The number of pyridine rings is 1. The summed E-state index contributed by atoms with van der Waals surface area (Å²) in [7, 11) is 0. The van der Waals surface area contributed by atoms with E-state index in [1.807, 2.05) is 41.4 Å². The van der Waals surface area contributed by atoms with Crippen LogP contribution in [-0.2, 0) is 11.2 Å². The highest BCUT2D eigenvalue weighted by atomic mass is 35.5. The standard InChI is InChI=1S/C20H18ClN3O/c21-18-6-2-1-4-15(18)12-19(25)24-10-7-14(8-11-24)17-13-23-20-16(17)5-3-9-22-20/h1-7,9,13H,8,10-12H2,(H,22,23). The summed E-state index contributed by atoms with van der Waals surface area (Å²) in [5.74, 6) is 0.115. The molecule has 3 heterocycles. The summed E-state index contributed by atoms with van der Waals surface area (Å²) >= 11 is 6.16. The number of rotatable bonds is 3. The topological polar surface area (TPSA) is 49.0 Å². The van der Waals surface area contributed by atoms with E-state index in [-0.39, 0.29) is 5.91 Å². The Balaban J connectivity index is 1.48. The molecule has 0 aliphatic carbocycles. The minimum Gasteiger partial charge on any atom is -0.346 e. The van der Waals surface area contributed by atoms with Crippen LogP contribution < -0.4 is 0 Å². The molecule has 3 aromatic rings. The lowest BCUT2D eigenvalue weighted by atomic mass is 9.99. The third-order valence-electron chi connectivity index (χ3n) is 4.66. The molecule has 4 rings (SSSR count). The molecule has 0 bridgehead atoms. The number of carbonyl (C=O) groups is 1. The Hall–Kier alpha value is -2.59. The highest BCUT2D eigenvalue weighted by Crippen LogP contribution is 2.28. The van der Waals surface area contributed by atoms with Crippen LogP contribution >= 0.6 is 11.6 Å². The first-order valence-electron chi connectivity index (χ1n) is 8.35. The van der Waals surface area contributed by atoms with E-state index in [1.54, 1.807) is 6.20 Å². The molecule has 25 heavy (non-hydrogen) atoms. The normalized spacial score (nSPS) is 14.6. The van der Waals surface area contributed by atoms with Crippen molar-refractivity contribution in [2.75, 3.05) is 13.1 Å². The lowest BCUT2D eigenvalue weighted by Crippen LogP contribution is -2.35. The number of fused-ring (bicyclic) bond motifs is 1. The smallest absolute Gasteiger partial charge is 0.227 e. The van der Waals surface area contributed by atoms with Gasteiger partial charge >= 0.3 is 0 Å². The number of H-pyrrole nitrogens is 1. The van der Waals surface area contributed by atoms with Gasteiger partial charge in [0.1, 0.15) is 5.65 Å². The van der Waals surface area contributed by atoms with Crippen molar-refractivity contribution < 1.29 is 4.79 Å². The summed E-state index contributed by atoms with van der Waals surface area (Å²) in [5.41, 5.74) is 4.23. The molecular weight excluding hydrogens is 334 g/mol. The van der Waals surface area contributed by atoms with Crippen LogP contribution in [0, 0.1) is 0 Å². The first-order valence-corrected chi connectivity index (χ1v) is 8.73. The Bertz CT molecular complexity index is 960. The molecule has 0 saturated carbocycles. The van der Waals surface area contributed by atoms with Gasteiger partial charge in [-0.1, -0.05) is 35.9 Å². The molecule has 1 amide bonds. The Morgan fingerprint density at radius 3 is 2.92 bits per heavy atom. The van der Waals surface area contributed by atoms with E-state index < -0.39 is 0 Å². The van der Waals surface area contributed by atoms with E-state index in [9.17, 15) is 4.79 Å². The van der Waals surface area contributed by atoms with Crippen LogP contribution in [0.15, 0.2) is 54.9 Å². The van der Waals surface area contributed by atoms with Crippen LogP contribution in [0.25, 0.3) is 16.6 Å². The van der Waals surface area contributed by atoms with E-state index in [0.29, 0.717) is 18.0 Å². The van der Waals surface area contributed by atoms with E-state index >= 15 is 0 Å². The van der Waals surface area contributed by atoms with Crippen LogP contribution in [0.1, 0.15) is 17.5 Å². The molecule has 0 spiro atoms. The number of aromatic nitrogens is 2. The number of halogens is 1. The number of amides is 1.